The Kier molecular flexibility index (Phi) is 4.69. The van der Waals surface area contributed by atoms with Crippen LogP contribution in [0.15, 0.2) is 24.3 Å². The summed E-state index contributed by atoms with van der Waals surface area (Å²) in [5.74, 6) is -1.61. The molecular formula is C13H17NO3. The number of nitrogens with one attached hydrogen (secondary N) is 1. The van der Waals surface area contributed by atoms with Crippen LogP contribution in [-0.2, 0) is 16.0 Å². The Bertz CT molecular complexity index is 398. The second kappa shape index (κ2) is 6.03. The van der Waals surface area contributed by atoms with E-state index in [1.54, 1.807) is 6.92 Å². The quantitative estimate of drug-likeness (QED) is 0.810. The molecule has 1 unspecified atom stereocenters. The molecule has 1 amide bonds. The third-order valence-electron chi connectivity index (χ3n) is 2.51. The van der Waals surface area contributed by atoms with E-state index in [1.165, 1.54) is 0 Å². The average Bonchev–Trinajstić information content (AvgIpc) is 2.29. The molecule has 0 aliphatic rings. The first-order valence-electron chi connectivity index (χ1n) is 5.54. The van der Waals surface area contributed by atoms with Crippen LogP contribution in [0.2, 0.25) is 0 Å². The number of hydrogen-bond acceptors (Lipinski definition) is 2. The monoisotopic (exact) mass is 235 g/mol. The van der Waals surface area contributed by atoms with Crippen molar-refractivity contribution in [2.75, 3.05) is 6.54 Å². The molecule has 0 saturated carbocycles. The van der Waals surface area contributed by atoms with Crippen LogP contribution in [0, 0.1) is 12.8 Å². The minimum absolute atomic E-state index is 0.151. The third-order valence-corrected chi connectivity index (χ3v) is 2.51. The van der Waals surface area contributed by atoms with Crippen molar-refractivity contribution in [1.82, 2.24) is 5.32 Å². The lowest BCUT2D eigenvalue weighted by molar-refractivity contribution is -0.141. The summed E-state index contributed by atoms with van der Waals surface area (Å²) in [5, 5.41) is 11.3. The van der Waals surface area contributed by atoms with E-state index in [9.17, 15) is 9.59 Å². The molecule has 0 bridgehead atoms. The summed E-state index contributed by atoms with van der Waals surface area (Å²) in [7, 11) is 0. The number of carbonyl (C=O) groups is 2. The van der Waals surface area contributed by atoms with Crippen LogP contribution in [0.1, 0.15) is 18.1 Å². The zero-order valence-electron chi connectivity index (χ0n) is 10.1. The van der Waals surface area contributed by atoms with Gasteiger partial charge in [-0.3, -0.25) is 9.59 Å². The summed E-state index contributed by atoms with van der Waals surface area (Å²) in [6.07, 6.45) is 0.284. The maximum absolute atomic E-state index is 11.5. The molecule has 0 aliphatic carbocycles. The van der Waals surface area contributed by atoms with Gasteiger partial charge in [-0.05, 0) is 12.5 Å². The van der Waals surface area contributed by atoms with E-state index >= 15 is 0 Å². The van der Waals surface area contributed by atoms with E-state index in [4.69, 9.17) is 5.11 Å². The Morgan fingerprint density at radius 2 is 1.88 bits per heavy atom. The number of amides is 1. The second-order valence-electron chi connectivity index (χ2n) is 4.21. The lowest BCUT2D eigenvalue weighted by Gasteiger charge is -2.08. The van der Waals surface area contributed by atoms with Crippen LogP contribution in [0.5, 0.6) is 0 Å². The van der Waals surface area contributed by atoms with Crippen molar-refractivity contribution in [3.05, 3.63) is 35.4 Å². The van der Waals surface area contributed by atoms with Crippen molar-refractivity contribution < 1.29 is 14.7 Å². The van der Waals surface area contributed by atoms with E-state index in [0.29, 0.717) is 0 Å². The van der Waals surface area contributed by atoms with E-state index in [0.717, 1.165) is 11.1 Å². The van der Waals surface area contributed by atoms with Gasteiger partial charge in [0.25, 0.3) is 0 Å². The fourth-order valence-electron chi connectivity index (χ4n) is 1.31. The molecule has 0 heterocycles. The highest BCUT2D eigenvalue weighted by molar-refractivity contribution is 5.79. The van der Waals surface area contributed by atoms with Crippen LogP contribution in [-0.4, -0.2) is 23.5 Å². The fourth-order valence-corrected chi connectivity index (χ4v) is 1.31. The van der Waals surface area contributed by atoms with Gasteiger partial charge in [0.05, 0.1) is 12.3 Å². The molecule has 17 heavy (non-hydrogen) atoms. The van der Waals surface area contributed by atoms with Gasteiger partial charge in [-0.25, -0.2) is 0 Å². The first kappa shape index (κ1) is 13.2. The maximum atomic E-state index is 11.5. The number of benzene rings is 1. The van der Waals surface area contributed by atoms with Gasteiger partial charge in [0.1, 0.15) is 0 Å². The van der Waals surface area contributed by atoms with E-state index in [2.05, 4.69) is 5.32 Å². The van der Waals surface area contributed by atoms with Gasteiger partial charge in [-0.15, -0.1) is 0 Å². The van der Waals surface area contributed by atoms with Gasteiger partial charge in [-0.1, -0.05) is 36.8 Å². The normalized spacial score (nSPS) is 11.9. The maximum Gasteiger partial charge on any atom is 0.308 e. The largest absolute Gasteiger partial charge is 0.481 e. The smallest absolute Gasteiger partial charge is 0.308 e. The molecule has 0 radical (unpaired) electrons. The van der Waals surface area contributed by atoms with Crippen molar-refractivity contribution in [3.63, 3.8) is 0 Å². The van der Waals surface area contributed by atoms with Crippen molar-refractivity contribution in [1.29, 1.82) is 0 Å². The molecule has 0 aliphatic heterocycles. The van der Waals surface area contributed by atoms with Crippen molar-refractivity contribution in [2.45, 2.75) is 20.3 Å². The zero-order chi connectivity index (χ0) is 12.8. The summed E-state index contributed by atoms with van der Waals surface area (Å²) in [6, 6.07) is 7.69. The van der Waals surface area contributed by atoms with E-state index in [1.807, 2.05) is 31.2 Å². The standard InChI is InChI=1S/C13H17NO3/c1-9-3-5-11(6-4-9)7-12(15)14-8-10(2)13(16)17/h3-6,10H,7-8H2,1-2H3,(H,14,15)(H,16,17). The lowest BCUT2D eigenvalue weighted by Crippen LogP contribution is -2.32. The SMILES string of the molecule is Cc1ccc(CC(=O)NCC(C)C(=O)O)cc1. The summed E-state index contributed by atoms with van der Waals surface area (Å²) < 4.78 is 0. The molecular weight excluding hydrogens is 218 g/mol. The van der Waals surface area contributed by atoms with Crippen molar-refractivity contribution in [2.24, 2.45) is 5.92 Å². The van der Waals surface area contributed by atoms with Gasteiger partial charge < -0.3 is 10.4 Å². The summed E-state index contributed by atoms with van der Waals surface area (Å²) >= 11 is 0. The minimum Gasteiger partial charge on any atom is -0.481 e. The first-order chi connectivity index (χ1) is 7.99. The van der Waals surface area contributed by atoms with E-state index < -0.39 is 11.9 Å². The highest BCUT2D eigenvalue weighted by Gasteiger charge is 2.12. The number of aliphatic carboxylic acids is 1. The molecule has 1 aromatic carbocycles. The van der Waals surface area contributed by atoms with Crippen molar-refractivity contribution in [3.8, 4) is 0 Å². The third kappa shape index (κ3) is 4.68. The van der Waals surface area contributed by atoms with Gasteiger partial charge in [0, 0.05) is 6.54 Å². The van der Waals surface area contributed by atoms with Crippen LogP contribution >= 0.6 is 0 Å². The van der Waals surface area contributed by atoms with Gasteiger partial charge in [0.2, 0.25) is 5.91 Å². The van der Waals surface area contributed by atoms with Gasteiger partial charge in [-0.2, -0.15) is 0 Å². The van der Waals surface area contributed by atoms with E-state index in [-0.39, 0.29) is 18.9 Å². The highest BCUT2D eigenvalue weighted by atomic mass is 16.4. The number of hydrogen-bond donors (Lipinski definition) is 2. The Morgan fingerprint density at radius 1 is 1.29 bits per heavy atom. The number of aryl methyl sites for hydroxylation is 1. The molecule has 0 aromatic heterocycles. The van der Waals surface area contributed by atoms with Gasteiger partial charge >= 0.3 is 5.97 Å². The fraction of sp³-hybridized carbons (Fsp3) is 0.385. The Morgan fingerprint density at radius 3 is 2.41 bits per heavy atom. The molecule has 0 spiro atoms. The predicted octanol–water partition coefficient (Wildman–Crippen LogP) is 1.37. The molecule has 1 atom stereocenters. The number of rotatable bonds is 5. The average molecular weight is 235 g/mol. The topological polar surface area (TPSA) is 66.4 Å². The van der Waals surface area contributed by atoms with Crippen LogP contribution < -0.4 is 5.32 Å². The van der Waals surface area contributed by atoms with Crippen LogP contribution in [0.4, 0.5) is 0 Å². The number of carboxylic acids is 1. The summed E-state index contributed by atoms with van der Waals surface area (Å²) in [6.45, 7) is 3.72. The molecule has 2 N–H and O–H groups in total. The Balaban J connectivity index is 2.39. The molecule has 1 rings (SSSR count). The molecule has 0 saturated heterocycles. The molecule has 4 heteroatoms. The molecule has 92 valence electrons. The first-order valence-corrected chi connectivity index (χ1v) is 5.54. The second-order valence-corrected chi connectivity index (χ2v) is 4.21. The Labute approximate surface area is 101 Å². The number of carboxylic acid groups (broad SMARTS) is 1. The summed E-state index contributed by atoms with van der Waals surface area (Å²) in [5.41, 5.74) is 2.07. The number of carbonyl (C=O) groups excluding carboxylic acids is 1. The minimum atomic E-state index is -0.902. The Hall–Kier alpha value is -1.84. The van der Waals surface area contributed by atoms with Crippen LogP contribution in [0.25, 0.3) is 0 Å². The highest BCUT2D eigenvalue weighted by Crippen LogP contribution is 2.03. The lowest BCUT2D eigenvalue weighted by atomic mass is 10.1. The molecule has 4 nitrogen and oxygen atoms in total. The summed E-state index contributed by atoms with van der Waals surface area (Å²) in [4.78, 5) is 22.1. The molecule has 0 fully saturated rings. The van der Waals surface area contributed by atoms with Crippen molar-refractivity contribution >= 4 is 11.9 Å². The van der Waals surface area contributed by atoms with Crippen LogP contribution in [0.3, 0.4) is 0 Å². The zero-order valence-corrected chi connectivity index (χ0v) is 10.1. The molecule has 1 aromatic rings. The van der Waals surface area contributed by atoms with Gasteiger partial charge in [0.15, 0.2) is 0 Å². The predicted molar refractivity (Wildman–Crippen MR) is 64.7 cm³/mol.